The van der Waals surface area contributed by atoms with Gasteiger partial charge in [0.1, 0.15) is 5.75 Å². The molecule has 0 aromatic heterocycles. The van der Waals surface area contributed by atoms with Crippen molar-refractivity contribution in [3.05, 3.63) is 28.8 Å². The van der Waals surface area contributed by atoms with Crippen molar-refractivity contribution in [2.75, 3.05) is 20.7 Å². The molecule has 0 saturated heterocycles. The van der Waals surface area contributed by atoms with E-state index in [0.717, 1.165) is 0 Å². The molecule has 0 aliphatic rings. The number of ether oxygens (including phenoxy) is 1. The lowest BCUT2D eigenvalue weighted by atomic mass is 10.2. The van der Waals surface area contributed by atoms with E-state index in [2.05, 4.69) is 0 Å². The second-order valence-electron chi connectivity index (χ2n) is 3.49. The first-order chi connectivity index (χ1) is 7.54. The fourth-order valence-electron chi connectivity index (χ4n) is 1.08. The Kier molecular flexibility index (Phi) is 4.58. The number of likely N-dealkylation sites (N-methyl/N-ethyl adjacent to an activating group) is 1. The minimum Gasteiger partial charge on any atom is -0.483 e. The van der Waals surface area contributed by atoms with Crippen LogP contribution in [0, 0.1) is 0 Å². The number of carbonyl (C=O) groups excluding carboxylic acids is 1. The summed E-state index contributed by atoms with van der Waals surface area (Å²) in [6, 6.07) is 4.89. The van der Waals surface area contributed by atoms with Gasteiger partial charge in [0.05, 0.1) is 6.61 Å². The number of halogens is 1. The SMILES string of the molecule is CN(C)C(=O)COc1ccc(Cl)cc1CO. The van der Waals surface area contributed by atoms with Gasteiger partial charge in [-0.25, -0.2) is 0 Å². The van der Waals surface area contributed by atoms with Crippen LogP contribution < -0.4 is 4.74 Å². The summed E-state index contributed by atoms with van der Waals surface area (Å²) in [6.45, 7) is -0.228. The molecule has 1 N–H and O–H groups in total. The van der Waals surface area contributed by atoms with Crippen LogP contribution in [0.5, 0.6) is 5.75 Å². The third-order valence-electron chi connectivity index (χ3n) is 2.04. The van der Waals surface area contributed by atoms with Gasteiger partial charge in [-0.1, -0.05) is 11.6 Å². The summed E-state index contributed by atoms with van der Waals surface area (Å²) in [5, 5.41) is 9.61. The van der Waals surface area contributed by atoms with Crippen LogP contribution in [0.1, 0.15) is 5.56 Å². The predicted molar refractivity (Wildman–Crippen MR) is 61.6 cm³/mol. The molecular weight excluding hydrogens is 230 g/mol. The first-order valence-electron chi connectivity index (χ1n) is 4.77. The number of aliphatic hydroxyl groups excluding tert-OH is 1. The number of aliphatic hydroxyl groups is 1. The molecule has 0 unspecified atom stereocenters. The van der Waals surface area contributed by atoms with E-state index >= 15 is 0 Å². The number of benzene rings is 1. The molecule has 0 aliphatic heterocycles. The smallest absolute Gasteiger partial charge is 0.259 e. The van der Waals surface area contributed by atoms with Crippen molar-refractivity contribution in [2.24, 2.45) is 0 Å². The molecule has 0 saturated carbocycles. The lowest BCUT2D eigenvalue weighted by Gasteiger charge is -2.13. The Balaban J connectivity index is 2.70. The summed E-state index contributed by atoms with van der Waals surface area (Å²) in [4.78, 5) is 12.7. The summed E-state index contributed by atoms with van der Waals surface area (Å²) in [5.74, 6) is 0.334. The summed E-state index contributed by atoms with van der Waals surface area (Å²) in [6.07, 6.45) is 0. The summed E-state index contributed by atoms with van der Waals surface area (Å²) in [5.41, 5.74) is 0.569. The molecule has 0 atom stereocenters. The molecule has 5 heteroatoms. The van der Waals surface area contributed by atoms with Crippen molar-refractivity contribution in [3.63, 3.8) is 0 Å². The van der Waals surface area contributed by atoms with Gasteiger partial charge in [0.25, 0.3) is 5.91 Å². The van der Waals surface area contributed by atoms with Crippen LogP contribution in [-0.2, 0) is 11.4 Å². The van der Waals surface area contributed by atoms with Crippen molar-refractivity contribution in [3.8, 4) is 5.75 Å². The third kappa shape index (κ3) is 3.40. The lowest BCUT2D eigenvalue weighted by Crippen LogP contribution is -2.27. The first kappa shape index (κ1) is 12.8. The Hall–Kier alpha value is -1.26. The topological polar surface area (TPSA) is 49.8 Å². The lowest BCUT2D eigenvalue weighted by molar-refractivity contribution is -0.130. The number of nitrogens with zero attached hydrogens (tertiary/aromatic N) is 1. The number of rotatable bonds is 4. The molecule has 0 spiro atoms. The Labute approximate surface area is 99.4 Å². The van der Waals surface area contributed by atoms with E-state index in [4.69, 9.17) is 21.4 Å². The fraction of sp³-hybridized carbons (Fsp3) is 0.364. The molecule has 1 rings (SSSR count). The van der Waals surface area contributed by atoms with Gasteiger partial charge >= 0.3 is 0 Å². The Morgan fingerprint density at radius 1 is 1.50 bits per heavy atom. The first-order valence-corrected chi connectivity index (χ1v) is 5.14. The van der Waals surface area contributed by atoms with E-state index in [-0.39, 0.29) is 19.1 Å². The van der Waals surface area contributed by atoms with Crippen LogP contribution in [0.4, 0.5) is 0 Å². The number of hydrogen-bond donors (Lipinski definition) is 1. The highest BCUT2D eigenvalue weighted by Gasteiger charge is 2.08. The van der Waals surface area contributed by atoms with E-state index in [1.807, 2.05) is 0 Å². The van der Waals surface area contributed by atoms with Gasteiger partial charge in [-0.2, -0.15) is 0 Å². The number of hydrogen-bond acceptors (Lipinski definition) is 3. The molecule has 1 amide bonds. The highest BCUT2D eigenvalue weighted by molar-refractivity contribution is 6.30. The molecule has 4 nitrogen and oxygen atoms in total. The van der Waals surface area contributed by atoms with Crippen molar-refractivity contribution < 1.29 is 14.6 Å². The average Bonchev–Trinajstić information content (AvgIpc) is 2.26. The molecule has 0 bridgehead atoms. The molecular formula is C11H14ClNO3. The second-order valence-corrected chi connectivity index (χ2v) is 3.92. The van der Waals surface area contributed by atoms with Crippen LogP contribution in [-0.4, -0.2) is 36.6 Å². The van der Waals surface area contributed by atoms with E-state index < -0.39 is 0 Å². The van der Waals surface area contributed by atoms with Crippen LogP contribution in [0.15, 0.2) is 18.2 Å². The van der Waals surface area contributed by atoms with Crippen molar-refractivity contribution in [1.29, 1.82) is 0 Å². The summed E-state index contributed by atoms with van der Waals surface area (Å²) in [7, 11) is 3.31. The maximum atomic E-state index is 11.3. The zero-order valence-corrected chi connectivity index (χ0v) is 9.99. The molecule has 1 aromatic carbocycles. The van der Waals surface area contributed by atoms with Crippen molar-refractivity contribution in [2.45, 2.75) is 6.61 Å². The van der Waals surface area contributed by atoms with Crippen LogP contribution in [0.2, 0.25) is 5.02 Å². The van der Waals surface area contributed by atoms with Gasteiger partial charge in [-0.3, -0.25) is 4.79 Å². The highest BCUT2D eigenvalue weighted by Crippen LogP contribution is 2.22. The zero-order valence-electron chi connectivity index (χ0n) is 9.24. The fourth-order valence-corrected chi connectivity index (χ4v) is 1.28. The maximum absolute atomic E-state index is 11.3. The van der Waals surface area contributed by atoms with Crippen molar-refractivity contribution in [1.82, 2.24) is 4.90 Å². The molecule has 88 valence electrons. The Bertz CT molecular complexity index is 379. The summed E-state index contributed by atoms with van der Waals surface area (Å²) >= 11 is 5.77. The van der Waals surface area contributed by atoms with Crippen molar-refractivity contribution >= 4 is 17.5 Å². The van der Waals surface area contributed by atoms with Gasteiger partial charge in [0, 0.05) is 24.7 Å². The van der Waals surface area contributed by atoms with Crippen LogP contribution in [0.25, 0.3) is 0 Å². The third-order valence-corrected chi connectivity index (χ3v) is 2.28. The maximum Gasteiger partial charge on any atom is 0.259 e. The highest BCUT2D eigenvalue weighted by atomic mass is 35.5. The molecule has 16 heavy (non-hydrogen) atoms. The Morgan fingerprint density at radius 3 is 2.75 bits per heavy atom. The minimum absolute atomic E-state index is 0.0539. The quantitative estimate of drug-likeness (QED) is 0.867. The zero-order chi connectivity index (χ0) is 12.1. The standard InChI is InChI=1S/C11H14ClNO3/c1-13(2)11(15)7-16-10-4-3-9(12)5-8(10)6-14/h3-5,14H,6-7H2,1-2H3. The Morgan fingerprint density at radius 2 is 2.19 bits per heavy atom. The van der Waals surface area contributed by atoms with E-state index in [9.17, 15) is 4.79 Å². The number of carbonyl (C=O) groups is 1. The van der Waals surface area contributed by atoms with Gasteiger partial charge in [-0.15, -0.1) is 0 Å². The van der Waals surface area contributed by atoms with Crippen LogP contribution >= 0.6 is 11.6 Å². The second kappa shape index (κ2) is 5.72. The van der Waals surface area contributed by atoms with Gasteiger partial charge in [-0.05, 0) is 18.2 Å². The molecule has 0 radical (unpaired) electrons. The molecule has 1 aromatic rings. The van der Waals surface area contributed by atoms with E-state index in [1.54, 1.807) is 32.3 Å². The molecule has 0 heterocycles. The number of amides is 1. The summed E-state index contributed by atoms with van der Waals surface area (Å²) < 4.78 is 5.30. The van der Waals surface area contributed by atoms with Crippen LogP contribution in [0.3, 0.4) is 0 Å². The molecule has 0 fully saturated rings. The monoisotopic (exact) mass is 243 g/mol. The minimum atomic E-state index is -0.175. The normalized spacial score (nSPS) is 10.0. The average molecular weight is 244 g/mol. The predicted octanol–water partition coefficient (Wildman–Crippen LogP) is 1.30. The van der Waals surface area contributed by atoms with Gasteiger partial charge in [0.2, 0.25) is 0 Å². The van der Waals surface area contributed by atoms with E-state index in [1.165, 1.54) is 4.90 Å². The molecule has 0 aliphatic carbocycles. The van der Waals surface area contributed by atoms with E-state index in [0.29, 0.717) is 16.3 Å². The van der Waals surface area contributed by atoms with Gasteiger partial charge < -0.3 is 14.7 Å². The van der Waals surface area contributed by atoms with Gasteiger partial charge in [0.15, 0.2) is 6.61 Å². The largest absolute Gasteiger partial charge is 0.483 e.